The molecule has 0 radical (unpaired) electrons. The van der Waals surface area contributed by atoms with Crippen molar-refractivity contribution in [2.24, 2.45) is 0 Å². The fourth-order valence-corrected chi connectivity index (χ4v) is 3.07. The van der Waals surface area contributed by atoms with Gasteiger partial charge >= 0.3 is 0 Å². The molecule has 0 saturated carbocycles. The highest BCUT2D eigenvalue weighted by molar-refractivity contribution is 7.91. The average Bonchev–Trinajstić information content (AvgIpc) is 2.59. The summed E-state index contributed by atoms with van der Waals surface area (Å²) in [5.74, 6) is 0.159. The van der Waals surface area contributed by atoms with Gasteiger partial charge in [-0.25, -0.2) is 13.4 Å². The summed E-state index contributed by atoms with van der Waals surface area (Å²) in [6.07, 6.45) is 2.97. The van der Waals surface area contributed by atoms with E-state index in [0.717, 1.165) is 5.56 Å². The van der Waals surface area contributed by atoms with E-state index in [-0.39, 0.29) is 12.4 Å². The van der Waals surface area contributed by atoms with Gasteiger partial charge < -0.3 is 9.47 Å². The quantitative estimate of drug-likeness (QED) is 0.746. The van der Waals surface area contributed by atoms with Crippen LogP contribution in [0.15, 0.2) is 53.6 Å². The smallest absolute Gasteiger partial charge is 0.165 e. The zero-order chi connectivity index (χ0) is 18.0. The summed E-state index contributed by atoms with van der Waals surface area (Å²) in [5.41, 5.74) is 1.43. The summed E-state index contributed by atoms with van der Waals surface area (Å²) >= 11 is 0. The lowest BCUT2D eigenvalue weighted by Crippen LogP contribution is -1.99. The monoisotopic (exact) mass is 360 g/mol. The summed E-state index contributed by atoms with van der Waals surface area (Å²) in [4.78, 5) is 4.68. The Morgan fingerprint density at radius 1 is 1.16 bits per heavy atom. The second-order valence-corrected chi connectivity index (χ2v) is 7.75. The maximum absolute atomic E-state index is 14.0. The number of nitrogens with one attached hydrogen (secondary N) is 1. The summed E-state index contributed by atoms with van der Waals surface area (Å²) in [6.45, 7) is 0.260. The van der Waals surface area contributed by atoms with Crippen LogP contribution >= 0.6 is 0 Å². The maximum atomic E-state index is 14.0. The molecule has 1 aromatic heterocycles. The second-order valence-electron chi connectivity index (χ2n) is 5.59. The minimum absolute atomic E-state index is 0.131. The van der Waals surface area contributed by atoms with Crippen LogP contribution in [-0.4, -0.2) is 22.6 Å². The van der Waals surface area contributed by atoms with Crippen molar-refractivity contribution in [1.82, 2.24) is 4.98 Å². The van der Waals surface area contributed by atoms with Crippen LogP contribution in [0.3, 0.4) is 0 Å². The molecule has 2 aromatic carbocycles. The highest BCUT2D eigenvalue weighted by atomic mass is 32.2. The molecule has 25 heavy (non-hydrogen) atoms. The molecule has 1 heterocycles. The van der Waals surface area contributed by atoms with Crippen LogP contribution in [-0.2, 0) is 16.3 Å². The van der Waals surface area contributed by atoms with Crippen molar-refractivity contribution in [3.05, 3.63) is 60.0 Å². The number of fused-ring (bicyclic) bond motifs is 1. The van der Waals surface area contributed by atoms with Crippen molar-refractivity contribution in [3.63, 3.8) is 0 Å². The predicted molar refractivity (Wildman–Crippen MR) is 94.1 cm³/mol. The highest BCUT2D eigenvalue weighted by Crippen LogP contribution is 2.30. The third kappa shape index (κ3) is 3.71. The van der Waals surface area contributed by atoms with Crippen molar-refractivity contribution >= 4 is 20.6 Å². The first kappa shape index (κ1) is 17.2. The van der Waals surface area contributed by atoms with Gasteiger partial charge in [0.25, 0.3) is 0 Å². The number of aromatic nitrogens is 1. The Hall–Kier alpha value is -2.67. The zero-order valence-electron chi connectivity index (χ0n) is 13.8. The van der Waals surface area contributed by atoms with Crippen molar-refractivity contribution in [3.8, 4) is 11.5 Å². The summed E-state index contributed by atoms with van der Waals surface area (Å²) in [5, 5.41) is 0.556. The van der Waals surface area contributed by atoms with Gasteiger partial charge in [-0.2, -0.15) is 0 Å². The highest BCUT2D eigenvalue weighted by Gasteiger charge is 2.10. The van der Waals surface area contributed by atoms with E-state index in [9.17, 15) is 8.60 Å². The van der Waals surface area contributed by atoms with E-state index in [1.807, 2.05) is 0 Å². The lowest BCUT2D eigenvalue weighted by atomic mass is 10.2. The van der Waals surface area contributed by atoms with E-state index in [4.69, 9.17) is 14.3 Å². The van der Waals surface area contributed by atoms with Crippen molar-refractivity contribution in [1.29, 1.82) is 4.78 Å². The maximum Gasteiger partial charge on any atom is 0.165 e. The Labute approximate surface area is 145 Å². The van der Waals surface area contributed by atoms with E-state index >= 15 is 0 Å². The van der Waals surface area contributed by atoms with Crippen LogP contribution in [0.2, 0.25) is 0 Å². The first-order valence-corrected chi connectivity index (χ1v) is 9.43. The molecule has 0 saturated heterocycles. The van der Waals surface area contributed by atoms with Crippen LogP contribution in [0, 0.1) is 10.6 Å². The molecule has 0 fully saturated rings. The first-order chi connectivity index (χ1) is 11.9. The molecule has 0 aliphatic rings. The number of benzene rings is 2. The van der Waals surface area contributed by atoms with Gasteiger partial charge in [-0.3, -0.25) is 4.98 Å². The molecule has 3 aromatic rings. The van der Waals surface area contributed by atoms with E-state index in [0.29, 0.717) is 21.5 Å². The van der Waals surface area contributed by atoms with Gasteiger partial charge in [-0.15, -0.1) is 0 Å². The Bertz CT molecular complexity index is 1020. The normalized spacial score (nSPS) is 13.4. The first-order valence-electron chi connectivity index (χ1n) is 7.46. The van der Waals surface area contributed by atoms with Crippen molar-refractivity contribution in [2.75, 3.05) is 13.4 Å². The number of halogens is 1. The van der Waals surface area contributed by atoms with E-state index < -0.39 is 15.5 Å². The molecule has 1 atom stereocenters. The lowest BCUT2D eigenvalue weighted by molar-refractivity contribution is 0.309. The molecule has 130 valence electrons. The van der Waals surface area contributed by atoms with Gasteiger partial charge in [0.15, 0.2) is 11.6 Å². The van der Waals surface area contributed by atoms with Gasteiger partial charge in [0.1, 0.15) is 12.4 Å². The van der Waals surface area contributed by atoms with Gasteiger partial charge in [0.05, 0.1) is 22.4 Å². The van der Waals surface area contributed by atoms with E-state index in [2.05, 4.69) is 4.98 Å². The summed E-state index contributed by atoms with van der Waals surface area (Å²) in [6, 6.07) is 11.4. The molecule has 1 unspecified atom stereocenters. The van der Waals surface area contributed by atoms with Gasteiger partial charge in [-0.05, 0) is 29.8 Å². The molecule has 5 nitrogen and oxygen atoms in total. The van der Waals surface area contributed by atoms with Crippen LogP contribution in [0.1, 0.15) is 5.56 Å². The van der Waals surface area contributed by atoms with Gasteiger partial charge in [-0.1, -0.05) is 12.1 Å². The molecule has 0 aliphatic carbocycles. The third-order valence-corrected chi connectivity index (χ3v) is 4.91. The zero-order valence-corrected chi connectivity index (χ0v) is 14.6. The minimum Gasteiger partial charge on any atom is -0.494 e. The molecular formula is C18H17FN2O3S. The van der Waals surface area contributed by atoms with Gasteiger partial charge in [0, 0.05) is 28.8 Å². The number of ether oxygens (including phenoxy) is 2. The molecule has 0 aliphatic heterocycles. The SMILES string of the molecule is COc1cc2nccc(OCc3ccc(S(C)(=N)=O)cc3)c2cc1F. The summed E-state index contributed by atoms with van der Waals surface area (Å²) < 4.78 is 44.0. The Balaban J connectivity index is 1.85. The molecule has 7 heteroatoms. The number of hydrogen-bond acceptors (Lipinski definition) is 5. The average molecular weight is 360 g/mol. The summed E-state index contributed by atoms with van der Waals surface area (Å²) in [7, 11) is -1.33. The number of hydrogen-bond donors (Lipinski definition) is 1. The Kier molecular flexibility index (Phi) is 4.59. The topological polar surface area (TPSA) is 72.3 Å². The minimum atomic E-state index is -2.73. The van der Waals surface area contributed by atoms with Crippen LogP contribution in [0.5, 0.6) is 11.5 Å². The van der Waals surface area contributed by atoms with E-state index in [1.165, 1.54) is 25.5 Å². The standard InChI is InChI=1S/C18H17FN2O3S/c1-23-18-10-16-14(9-15(18)19)17(7-8-21-16)24-11-12-3-5-13(6-4-12)25(2,20)22/h3-10,20H,11H2,1-2H3. The van der Waals surface area contributed by atoms with E-state index in [1.54, 1.807) is 36.5 Å². The fraction of sp³-hybridized carbons (Fsp3) is 0.167. The molecular weight excluding hydrogens is 343 g/mol. The number of rotatable bonds is 5. The largest absolute Gasteiger partial charge is 0.494 e. The number of pyridine rings is 1. The van der Waals surface area contributed by atoms with Crippen LogP contribution in [0.25, 0.3) is 10.9 Å². The number of nitrogens with zero attached hydrogens (tertiary/aromatic N) is 1. The molecule has 0 bridgehead atoms. The molecule has 0 spiro atoms. The van der Waals surface area contributed by atoms with Crippen LogP contribution in [0.4, 0.5) is 4.39 Å². The predicted octanol–water partition coefficient (Wildman–Crippen LogP) is 4.00. The van der Waals surface area contributed by atoms with Gasteiger partial charge in [0.2, 0.25) is 0 Å². The lowest BCUT2D eigenvalue weighted by Gasteiger charge is -2.11. The molecule has 1 N–H and O–H groups in total. The Morgan fingerprint density at radius 2 is 1.88 bits per heavy atom. The second kappa shape index (κ2) is 6.68. The van der Waals surface area contributed by atoms with Crippen molar-refractivity contribution in [2.45, 2.75) is 11.5 Å². The number of methoxy groups -OCH3 is 1. The van der Waals surface area contributed by atoms with Crippen LogP contribution < -0.4 is 9.47 Å². The fourth-order valence-electron chi connectivity index (χ4n) is 2.41. The van der Waals surface area contributed by atoms with Crippen molar-refractivity contribution < 1.29 is 18.1 Å². The Morgan fingerprint density at radius 3 is 2.52 bits per heavy atom. The molecule has 3 rings (SSSR count). The molecule has 0 amide bonds. The third-order valence-electron chi connectivity index (χ3n) is 3.74.